The lowest BCUT2D eigenvalue weighted by atomic mass is 10.1. The summed E-state index contributed by atoms with van der Waals surface area (Å²) >= 11 is 0. The van der Waals surface area contributed by atoms with Crippen LogP contribution in [0.3, 0.4) is 0 Å². The fourth-order valence-electron chi connectivity index (χ4n) is 2.98. The number of Topliss-reactive ketones (excluding diaryl/α,β-unsaturated/α-hetero) is 1. The zero-order valence-electron chi connectivity index (χ0n) is 15.1. The van der Waals surface area contributed by atoms with Gasteiger partial charge in [0.1, 0.15) is 5.52 Å². The van der Waals surface area contributed by atoms with Crippen molar-refractivity contribution in [2.75, 3.05) is 6.54 Å². The molecule has 28 heavy (non-hydrogen) atoms. The summed E-state index contributed by atoms with van der Waals surface area (Å²) in [7, 11) is 0. The van der Waals surface area contributed by atoms with Crippen molar-refractivity contribution in [3.63, 3.8) is 0 Å². The number of hydrogen-bond acceptors (Lipinski definition) is 5. The molecule has 0 fully saturated rings. The normalized spacial score (nSPS) is 10.9. The molecule has 0 aliphatic rings. The van der Waals surface area contributed by atoms with Gasteiger partial charge in [-0.15, -0.1) is 0 Å². The van der Waals surface area contributed by atoms with Crippen molar-refractivity contribution in [2.45, 2.75) is 6.42 Å². The number of rotatable bonds is 6. The van der Waals surface area contributed by atoms with Crippen molar-refractivity contribution < 1.29 is 9.59 Å². The summed E-state index contributed by atoms with van der Waals surface area (Å²) in [5.74, 6) is -0.299. The summed E-state index contributed by atoms with van der Waals surface area (Å²) in [6.45, 7) is 0.332. The molecule has 0 spiro atoms. The number of fused-ring (bicyclic) bond motifs is 2. The second-order valence-electron chi connectivity index (χ2n) is 6.31. The van der Waals surface area contributed by atoms with Crippen LogP contribution in [0.4, 0.5) is 0 Å². The number of amides is 1. The summed E-state index contributed by atoms with van der Waals surface area (Å²) in [6, 6.07) is 21.9. The Labute approximate surface area is 161 Å². The van der Waals surface area contributed by atoms with Gasteiger partial charge in [0.15, 0.2) is 5.78 Å². The Hall–Kier alpha value is -3.64. The zero-order chi connectivity index (χ0) is 19.3. The van der Waals surface area contributed by atoms with Gasteiger partial charge >= 0.3 is 0 Å². The summed E-state index contributed by atoms with van der Waals surface area (Å²) in [4.78, 5) is 33.8. The minimum Gasteiger partial charge on any atom is -0.294 e. The predicted octanol–water partition coefficient (Wildman–Crippen LogP) is 3.29. The van der Waals surface area contributed by atoms with Gasteiger partial charge in [0.25, 0.3) is 5.91 Å². The highest BCUT2D eigenvalue weighted by atomic mass is 16.2. The largest absolute Gasteiger partial charge is 0.294 e. The number of para-hydroxylation sites is 3. The maximum Gasteiger partial charge on any atom is 0.267 e. The molecule has 2 N–H and O–H groups in total. The van der Waals surface area contributed by atoms with Crippen LogP contribution in [-0.4, -0.2) is 28.2 Å². The topological polar surface area (TPSA) is 84.0 Å². The molecule has 0 unspecified atom stereocenters. The lowest BCUT2D eigenvalue weighted by Crippen LogP contribution is -2.38. The van der Waals surface area contributed by atoms with E-state index < -0.39 is 0 Å². The molecular weight excluding hydrogens is 352 g/mol. The first-order valence-corrected chi connectivity index (χ1v) is 8.99. The Kier molecular flexibility index (Phi) is 5.03. The fourth-order valence-corrected chi connectivity index (χ4v) is 2.98. The SMILES string of the molecule is O=C(CCNNC(=O)c1cccc2nc3ccccc3nc12)c1ccccc1. The number of nitrogens with one attached hydrogen (secondary N) is 2. The minimum absolute atomic E-state index is 0.0184. The van der Waals surface area contributed by atoms with Crippen LogP contribution in [0.2, 0.25) is 0 Å². The minimum atomic E-state index is -0.317. The van der Waals surface area contributed by atoms with Gasteiger partial charge in [0.05, 0.1) is 22.1 Å². The van der Waals surface area contributed by atoms with Crippen molar-refractivity contribution in [3.05, 3.63) is 83.9 Å². The molecule has 6 nitrogen and oxygen atoms in total. The van der Waals surface area contributed by atoms with E-state index in [2.05, 4.69) is 20.8 Å². The smallest absolute Gasteiger partial charge is 0.267 e. The molecule has 0 saturated carbocycles. The first-order chi connectivity index (χ1) is 13.7. The number of hydrazine groups is 1. The molecule has 0 bridgehead atoms. The maximum atomic E-state index is 12.6. The van der Waals surface area contributed by atoms with E-state index in [1.165, 1.54) is 0 Å². The van der Waals surface area contributed by atoms with Crippen LogP contribution in [-0.2, 0) is 0 Å². The van der Waals surface area contributed by atoms with E-state index in [9.17, 15) is 9.59 Å². The Bertz CT molecular complexity index is 1160. The Balaban J connectivity index is 1.44. The lowest BCUT2D eigenvalue weighted by molar-refractivity contribution is 0.0920. The summed E-state index contributed by atoms with van der Waals surface area (Å²) in [5.41, 5.74) is 9.26. The van der Waals surface area contributed by atoms with Gasteiger partial charge < -0.3 is 0 Å². The molecule has 0 atom stereocenters. The van der Waals surface area contributed by atoms with E-state index in [1.807, 2.05) is 48.5 Å². The predicted molar refractivity (Wildman–Crippen MR) is 108 cm³/mol. The molecule has 6 heteroatoms. The number of benzene rings is 3. The molecule has 4 aromatic rings. The van der Waals surface area contributed by atoms with Crippen molar-refractivity contribution in [1.29, 1.82) is 0 Å². The van der Waals surface area contributed by atoms with Crippen LogP contribution < -0.4 is 10.9 Å². The average Bonchev–Trinajstić information content (AvgIpc) is 2.75. The first-order valence-electron chi connectivity index (χ1n) is 8.99. The van der Waals surface area contributed by atoms with Crippen LogP contribution in [0.1, 0.15) is 27.1 Å². The Morgan fingerprint density at radius 2 is 1.43 bits per heavy atom. The highest BCUT2D eigenvalue weighted by molar-refractivity contribution is 6.05. The van der Waals surface area contributed by atoms with Crippen molar-refractivity contribution >= 4 is 33.8 Å². The van der Waals surface area contributed by atoms with Crippen molar-refractivity contribution in [1.82, 2.24) is 20.8 Å². The Morgan fingerprint density at radius 1 is 0.750 bits per heavy atom. The molecule has 1 aromatic heterocycles. The van der Waals surface area contributed by atoms with E-state index in [-0.39, 0.29) is 18.1 Å². The monoisotopic (exact) mass is 370 g/mol. The van der Waals surface area contributed by atoms with E-state index in [0.717, 1.165) is 11.0 Å². The van der Waals surface area contributed by atoms with E-state index in [0.29, 0.717) is 28.7 Å². The number of ketones is 1. The second-order valence-corrected chi connectivity index (χ2v) is 6.31. The molecule has 0 aliphatic carbocycles. The van der Waals surface area contributed by atoms with Crippen molar-refractivity contribution in [2.24, 2.45) is 0 Å². The maximum absolute atomic E-state index is 12.6. The Morgan fingerprint density at radius 3 is 2.21 bits per heavy atom. The average molecular weight is 370 g/mol. The van der Waals surface area contributed by atoms with Crippen LogP contribution in [0, 0.1) is 0 Å². The third-order valence-corrected chi connectivity index (χ3v) is 4.39. The highest BCUT2D eigenvalue weighted by Crippen LogP contribution is 2.19. The van der Waals surface area contributed by atoms with Crippen LogP contribution in [0.25, 0.3) is 22.1 Å². The van der Waals surface area contributed by atoms with Crippen molar-refractivity contribution in [3.8, 4) is 0 Å². The van der Waals surface area contributed by atoms with Gasteiger partial charge in [-0.3, -0.25) is 15.0 Å². The van der Waals surface area contributed by atoms with E-state index in [1.54, 1.807) is 24.3 Å². The molecular formula is C22H18N4O2. The van der Waals surface area contributed by atoms with Gasteiger partial charge in [-0.2, -0.15) is 0 Å². The zero-order valence-corrected chi connectivity index (χ0v) is 15.1. The molecule has 0 radical (unpaired) electrons. The van der Waals surface area contributed by atoms with Crippen LogP contribution >= 0.6 is 0 Å². The molecule has 4 rings (SSSR count). The number of carbonyl (C=O) groups is 2. The number of aromatic nitrogens is 2. The number of nitrogens with zero attached hydrogens (tertiary/aromatic N) is 2. The molecule has 1 amide bonds. The van der Waals surface area contributed by atoms with Gasteiger partial charge in [-0.1, -0.05) is 48.5 Å². The lowest BCUT2D eigenvalue weighted by Gasteiger charge is -2.09. The molecule has 0 saturated heterocycles. The molecule has 3 aromatic carbocycles. The number of carbonyl (C=O) groups excluding carboxylic acids is 2. The number of hydrogen-bond donors (Lipinski definition) is 2. The highest BCUT2D eigenvalue weighted by Gasteiger charge is 2.13. The third kappa shape index (κ3) is 3.72. The molecule has 0 aliphatic heterocycles. The van der Waals surface area contributed by atoms with E-state index >= 15 is 0 Å². The summed E-state index contributed by atoms with van der Waals surface area (Å²) in [5, 5.41) is 0. The molecule has 138 valence electrons. The summed E-state index contributed by atoms with van der Waals surface area (Å²) in [6.07, 6.45) is 0.282. The van der Waals surface area contributed by atoms with E-state index in [4.69, 9.17) is 0 Å². The summed E-state index contributed by atoms with van der Waals surface area (Å²) < 4.78 is 0. The van der Waals surface area contributed by atoms with Gasteiger partial charge in [0.2, 0.25) is 0 Å². The van der Waals surface area contributed by atoms with Gasteiger partial charge in [-0.05, 0) is 24.3 Å². The second kappa shape index (κ2) is 7.94. The van der Waals surface area contributed by atoms with Crippen LogP contribution in [0.5, 0.6) is 0 Å². The quantitative estimate of drug-likeness (QED) is 0.235. The third-order valence-electron chi connectivity index (χ3n) is 4.39. The standard InChI is InChI=1S/C22H18N4O2/c27-20(15-7-2-1-3-8-15)13-14-23-26-22(28)16-9-6-12-19-21(16)25-18-11-5-4-10-17(18)24-19/h1-12,23H,13-14H2,(H,26,28). The molecule has 1 heterocycles. The van der Waals surface area contributed by atoms with Gasteiger partial charge in [0, 0.05) is 18.5 Å². The van der Waals surface area contributed by atoms with Gasteiger partial charge in [-0.25, -0.2) is 15.4 Å². The van der Waals surface area contributed by atoms with Crippen LogP contribution in [0.15, 0.2) is 72.8 Å². The fraction of sp³-hybridized carbons (Fsp3) is 0.0909. The first kappa shape index (κ1) is 17.8.